The predicted molar refractivity (Wildman–Crippen MR) is 88.0 cm³/mol. The van der Waals surface area contributed by atoms with Gasteiger partial charge in [0.05, 0.1) is 11.6 Å². The smallest absolute Gasteiger partial charge is 0.345 e. The van der Waals surface area contributed by atoms with E-state index in [1.54, 1.807) is 13.0 Å². The summed E-state index contributed by atoms with van der Waals surface area (Å²) >= 11 is 0. The van der Waals surface area contributed by atoms with Crippen molar-refractivity contribution in [2.24, 2.45) is 0 Å². The second-order valence-electron chi connectivity index (χ2n) is 5.40. The Balaban J connectivity index is 2.20. The summed E-state index contributed by atoms with van der Waals surface area (Å²) in [4.78, 5) is 12.2. The van der Waals surface area contributed by atoms with Gasteiger partial charge in [0.1, 0.15) is 11.6 Å². The minimum Gasteiger partial charge on any atom is -0.345 e. The van der Waals surface area contributed by atoms with E-state index in [1.165, 1.54) is 12.1 Å². The first-order valence-corrected chi connectivity index (χ1v) is 7.46. The van der Waals surface area contributed by atoms with E-state index >= 15 is 0 Å². The van der Waals surface area contributed by atoms with Crippen molar-refractivity contribution in [2.75, 3.05) is 0 Å². The van der Waals surface area contributed by atoms with Gasteiger partial charge in [0.2, 0.25) is 0 Å². The molecule has 0 bridgehead atoms. The number of halogens is 3. The maximum atomic E-state index is 12.7. The van der Waals surface area contributed by atoms with Crippen LogP contribution in [-0.2, 0) is 11.0 Å². The fraction of sp³-hybridized carbons (Fsp3) is 0.158. The molecule has 0 radical (unpaired) electrons. The molecule has 0 aliphatic rings. The molecule has 2 aromatic carbocycles. The number of alkyl halides is 3. The van der Waals surface area contributed by atoms with Gasteiger partial charge in [-0.3, -0.25) is 4.79 Å². The van der Waals surface area contributed by atoms with E-state index < -0.39 is 17.6 Å². The Labute approximate surface area is 143 Å². The number of rotatable bonds is 4. The summed E-state index contributed by atoms with van der Waals surface area (Å²) in [6.45, 7) is 1.76. The number of hydrogen-bond acceptors (Lipinski definition) is 2. The molecule has 6 heteroatoms. The number of nitrogens with zero attached hydrogens (tertiary/aromatic N) is 1. The van der Waals surface area contributed by atoms with Crippen LogP contribution in [0.25, 0.3) is 6.08 Å². The minimum atomic E-state index is -4.49. The average Bonchev–Trinajstić information content (AvgIpc) is 2.59. The van der Waals surface area contributed by atoms with E-state index in [4.69, 9.17) is 5.26 Å². The van der Waals surface area contributed by atoms with Crippen LogP contribution in [0, 0.1) is 11.3 Å². The normalized spacial score (nSPS) is 13.0. The molecular formula is C19H15F3N2O. The Kier molecular flexibility index (Phi) is 5.60. The molecular weight excluding hydrogens is 329 g/mol. The highest BCUT2D eigenvalue weighted by atomic mass is 19.4. The second kappa shape index (κ2) is 7.67. The summed E-state index contributed by atoms with van der Waals surface area (Å²) in [7, 11) is 0. The lowest BCUT2D eigenvalue weighted by atomic mass is 10.1. The first-order valence-electron chi connectivity index (χ1n) is 7.46. The Hall–Kier alpha value is -3.07. The number of hydrogen-bond donors (Lipinski definition) is 1. The number of carbonyl (C=O) groups is 1. The summed E-state index contributed by atoms with van der Waals surface area (Å²) in [5, 5.41) is 11.8. The van der Waals surface area contributed by atoms with Gasteiger partial charge >= 0.3 is 6.18 Å². The highest BCUT2D eigenvalue weighted by Crippen LogP contribution is 2.30. The van der Waals surface area contributed by atoms with Gasteiger partial charge in [0.15, 0.2) is 0 Å². The van der Waals surface area contributed by atoms with Gasteiger partial charge in [-0.2, -0.15) is 18.4 Å². The van der Waals surface area contributed by atoms with E-state index in [0.717, 1.165) is 23.8 Å². The van der Waals surface area contributed by atoms with Crippen LogP contribution >= 0.6 is 0 Å². The van der Waals surface area contributed by atoms with Gasteiger partial charge < -0.3 is 5.32 Å². The predicted octanol–water partition coefficient (Wildman–Crippen LogP) is 4.49. The zero-order valence-corrected chi connectivity index (χ0v) is 13.3. The molecule has 1 N–H and O–H groups in total. The maximum absolute atomic E-state index is 12.7. The fourth-order valence-electron chi connectivity index (χ4n) is 2.22. The van der Waals surface area contributed by atoms with Crippen molar-refractivity contribution in [3.05, 3.63) is 76.9 Å². The van der Waals surface area contributed by atoms with Crippen molar-refractivity contribution in [1.29, 1.82) is 5.26 Å². The molecule has 2 aromatic rings. The van der Waals surface area contributed by atoms with Crippen LogP contribution in [0.1, 0.15) is 29.7 Å². The Morgan fingerprint density at radius 1 is 1.16 bits per heavy atom. The molecule has 128 valence electrons. The first kappa shape index (κ1) is 18.3. The van der Waals surface area contributed by atoms with E-state index in [2.05, 4.69) is 5.32 Å². The first-order chi connectivity index (χ1) is 11.8. The van der Waals surface area contributed by atoms with Crippen molar-refractivity contribution in [3.8, 4) is 6.07 Å². The average molecular weight is 344 g/mol. The largest absolute Gasteiger partial charge is 0.416 e. The van der Waals surface area contributed by atoms with Crippen LogP contribution < -0.4 is 5.32 Å². The van der Waals surface area contributed by atoms with Crippen molar-refractivity contribution in [1.82, 2.24) is 5.32 Å². The number of nitriles is 1. The Bertz CT molecular complexity index is 821. The van der Waals surface area contributed by atoms with Crippen LogP contribution in [0.15, 0.2) is 60.2 Å². The standard InChI is InChI=1S/C19H15F3N2O/c1-13(15-7-3-2-4-8-15)24-18(25)16(12-23)10-14-6-5-9-17(11-14)19(20,21)22/h2-11,13H,1H3,(H,24,25). The van der Waals surface area contributed by atoms with E-state index in [9.17, 15) is 18.0 Å². The summed E-state index contributed by atoms with van der Waals surface area (Å²) in [5.41, 5.74) is -0.111. The van der Waals surface area contributed by atoms with E-state index in [0.29, 0.717) is 0 Å². The molecule has 0 aliphatic carbocycles. The molecule has 1 atom stereocenters. The SMILES string of the molecule is CC(NC(=O)C(C#N)=Cc1cccc(C(F)(F)F)c1)c1ccccc1. The van der Waals surface area contributed by atoms with Crippen LogP contribution in [-0.4, -0.2) is 5.91 Å². The number of carbonyl (C=O) groups excluding carboxylic acids is 1. The van der Waals surface area contributed by atoms with Gasteiger partial charge in [-0.1, -0.05) is 42.5 Å². The lowest BCUT2D eigenvalue weighted by molar-refractivity contribution is -0.137. The molecule has 0 aliphatic heterocycles. The van der Waals surface area contributed by atoms with Gasteiger partial charge in [-0.15, -0.1) is 0 Å². The summed E-state index contributed by atoms with van der Waals surface area (Å²) in [5.74, 6) is -0.642. The molecule has 1 unspecified atom stereocenters. The maximum Gasteiger partial charge on any atom is 0.416 e. The number of benzene rings is 2. The number of nitrogens with one attached hydrogen (secondary N) is 1. The molecule has 3 nitrogen and oxygen atoms in total. The molecule has 0 fully saturated rings. The Morgan fingerprint density at radius 2 is 1.84 bits per heavy atom. The molecule has 0 aromatic heterocycles. The highest BCUT2D eigenvalue weighted by molar-refractivity contribution is 6.01. The molecule has 2 rings (SSSR count). The lowest BCUT2D eigenvalue weighted by Crippen LogP contribution is -2.27. The highest BCUT2D eigenvalue weighted by Gasteiger charge is 2.30. The minimum absolute atomic E-state index is 0.133. The van der Waals surface area contributed by atoms with Crippen LogP contribution in [0.3, 0.4) is 0 Å². The molecule has 0 spiro atoms. The molecule has 0 heterocycles. The van der Waals surface area contributed by atoms with Crippen LogP contribution in [0.5, 0.6) is 0 Å². The lowest BCUT2D eigenvalue weighted by Gasteiger charge is -2.14. The third-order valence-electron chi connectivity index (χ3n) is 3.54. The zero-order chi connectivity index (χ0) is 18.4. The van der Waals surface area contributed by atoms with Crippen molar-refractivity contribution >= 4 is 12.0 Å². The molecule has 25 heavy (non-hydrogen) atoms. The summed E-state index contributed by atoms with van der Waals surface area (Å²) in [6.07, 6.45) is -3.34. The second-order valence-corrected chi connectivity index (χ2v) is 5.40. The third-order valence-corrected chi connectivity index (χ3v) is 3.54. The fourth-order valence-corrected chi connectivity index (χ4v) is 2.22. The third kappa shape index (κ3) is 4.95. The van der Waals surface area contributed by atoms with Crippen molar-refractivity contribution in [3.63, 3.8) is 0 Å². The summed E-state index contributed by atoms with van der Waals surface area (Å²) in [6, 6.07) is 15.0. The molecule has 1 amide bonds. The monoisotopic (exact) mass is 344 g/mol. The van der Waals surface area contributed by atoms with E-state index in [1.807, 2.05) is 30.3 Å². The molecule has 0 saturated heterocycles. The van der Waals surface area contributed by atoms with Crippen LogP contribution in [0.2, 0.25) is 0 Å². The summed E-state index contributed by atoms with van der Waals surface area (Å²) < 4.78 is 38.2. The van der Waals surface area contributed by atoms with Crippen LogP contribution in [0.4, 0.5) is 13.2 Å². The zero-order valence-electron chi connectivity index (χ0n) is 13.3. The van der Waals surface area contributed by atoms with Gasteiger partial charge in [-0.25, -0.2) is 0 Å². The molecule has 0 saturated carbocycles. The van der Waals surface area contributed by atoms with Crippen molar-refractivity contribution in [2.45, 2.75) is 19.1 Å². The topological polar surface area (TPSA) is 52.9 Å². The van der Waals surface area contributed by atoms with E-state index in [-0.39, 0.29) is 17.2 Å². The van der Waals surface area contributed by atoms with Crippen molar-refractivity contribution < 1.29 is 18.0 Å². The Morgan fingerprint density at radius 3 is 2.44 bits per heavy atom. The quantitative estimate of drug-likeness (QED) is 0.656. The van der Waals surface area contributed by atoms with Gasteiger partial charge in [0, 0.05) is 0 Å². The van der Waals surface area contributed by atoms with Gasteiger partial charge in [0.25, 0.3) is 5.91 Å². The van der Waals surface area contributed by atoms with Gasteiger partial charge in [-0.05, 0) is 36.3 Å². The number of amides is 1.